The first kappa shape index (κ1) is 11.2. The first-order chi connectivity index (χ1) is 7.58. The number of benzene rings is 1. The largest absolute Gasteiger partial charge is 0.463 e. The summed E-state index contributed by atoms with van der Waals surface area (Å²) in [5.74, 6) is 0. The number of rotatable bonds is 2. The fourth-order valence-electron chi connectivity index (χ4n) is 1.18. The van der Waals surface area contributed by atoms with Gasteiger partial charge in [0, 0.05) is 5.02 Å². The minimum absolute atomic E-state index is 0.0370. The lowest BCUT2D eigenvalue weighted by Crippen LogP contribution is -2.17. The van der Waals surface area contributed by atoms with Crippen molar-refractivity contribution in [3.8, 4) is 0 Å². The Kier molecular flexibility index (Phi) is 3.02. The molecule has 5 nitrogen and oxygen atoms in total. The molecule has 1 aliphatic rings. The van der Waals surface area contributed by atoms with Crippen LogP contribution >= 0.6 is 11.6 Å². The Morgan fingerprint density at radius 1 is 1.31 bits per heavy atom. The predicted molar refractivity (Wildman–Crippen MR) is 60.0 cm³/mol. The summed E-state index contributed by atoms with van der Waals surface area (Å²) in [4.78, 5) is 0.0849. The molecule has 0 atom stereocenters. The third-order valence-electron chi connectivity index (χ3n) is 1.93. The monoisotopic (exact) mass is 260 g/mol. The van der Waals surface area contributed by atoms with Gasteiger partial charge in [-0.1, -0.05) is 11.6 Å². The second-order valence-electron chi connectivity index (χ2n) is 3.10. The van der Waals surface area contributed by atoms with Gasteiger partial charge in [0.1, 0.15) is 6.61 Å². The lowest BCUT2D eigenvalue weighted by molar-refractivity contribution is 0.353. The molecule has 1 aliphatic heterocycles. The van der Waals surface area contributed by atoms with Gasteiger partial charge in [0.2, 0.25) is 0 Å². The normalized spacial score (nSPS) is 18.2. The van der Waals surface area contributed by atoms with E-state index in [0.717, 1.165) is 0 Å². The first-order valence-electron chi connectivity index (χ1n) is 4.55. The van der Waals surface area contributed by atoms with E-state index >= 15 is 0 Å². The molecule has 1 fully saturated rings. The highest BCUT2D eigenvalue weighted by Crippen LogP contribution is 2.16. The van der Waals surface area contributed by atoms with Crippen LogP contribution in [0.15, 0.2) is 33.6 Å². The zero-order valence-electron chi connectivity index (χ0n) is 8.18. The van der Waals surface area contributed by atoms with E-state index in [-0.39, 0.29) is 10.9 Å². The SMILES string of the molecule is O=S(=O)(N=C1NCCO1)c1ccc(Cl)cc1. The smallest absolute Gasteiger partial charge is 0.300 e. The molecule has 2 rings (SSSR count). The van der Waals surface area contributed by atoms with Crippen LogP contribution in [0.3, 0.4) is 0 Å². The average Bonchev–Trinajstić information content (AvgIpc) is 2.70. The topological polar surface area (TPSA) is 67.8 Å². The summed E-state index contributed by atoms with van der Waals surface area (Å²) in [5.41, 5.74) is 0. The zero-order valence-corrected chi connectivity index (χ0v) is 9.75. The van der Waals surface area contributed by atoms with Crippen molar-refractivity contribution in [2.24, 2.45) is 4.40 Å². The second kappa shape index (κ2) is 4.31. The fraction of sp³-hybridized carbons (Fsp3) is 0.222. The molecule has 1 heterocycles. The van der Waals surface area contributed by atoms with Crippen molar-refractivity contribution in [2.45, 2.75) is 4.90 Å². The molecule has 0 bridgehead atoms. The lowest BCUT2D eigenvalue weighted by Gasteiger charge is -2.00. The molecule has 0 aromatic heterocycles. The molecule has 0 amide bonds. The van der Waals surface area contributed by atoms with E-state index in [1.54, 1.807) is 0 Å². The van der Waals surface area contributed by atoms with Gasteiger partial charge in [-0.3, -0.25) is 0 Å². The molecule has 0 aliphatic carbocycles. The molecule has 16 heavy (non-hydrogen) atoms. The van der Waals surface area contributed by atoms with Gasteiger partial charge < -0.3 is 10.1 Å². The highest BCUT2D eigenvalue weighted by molar-refractivity contribution is 7.90. The van der Waals surface area contributed by atoms with Crippen LogP contribution in [0.2, 0.25) is 5.02 Å². The summed E-state index contributed by atoms with van der Waals surface area (Å²) < 4.78 is 32.0. The van der Waals surface area contributed by atoms with E-state index in [2.05, 4.69) is 9.71 Å². The van der Waals surface area contributed by atoms with Gasteiger partial charge in [-0.15, -0.1) is 4.40 Å². The van der Waals surface area contributed by atoms with Crippen LogP contribution in [0.25, 0.3) is 0 Å². The molecular formula is C9H9ClN2O3S. The molecule has 0 saturated carbocycles. The van der Waals surface area contributed by atoms with Crippen molar-refractivity contribution in [3.63, 3.8) is 0 Å². The summed E-state index contributed by atoms with van der Waals surface area (Å²) in [6.45, 7) is 0.990. The molecular weight excluding hydrogens is 252 g/mol. The van der Waals surface area contributed by atoms with Crippen LogP contribution in [0.5, 0.6) is 0 Å². The Bertz CT molecular complexity index is 502. The third kappa shape index (κ3) is 2.45. The maximum atomic E-state index is 11.7. The minimum Gasteiger partial charge on any atom is -0.463 e. The molecule has 86 valence electrons. The lowest BCUT2D eigenvalue weighted by atomic mass is 10.4. The number of nitrogens with one attached hydrogen (secondary N) is 1. The van der Waals surface area contributed by atoms with Crippen LogP contribution in [0.1, 0.15) is 0 Å². The summed E-state index contributed by atoms with van der Waals surface area (Å²) in [6.07, 6.45) is 0. The van der Waals surface area contributed by atoms with Gasteiger partial charge >= 0.3 is 6.02 Å². The molecule has 1 saturated heterocycles. The molecule has 1 N–H and O–H groups in total. The van der Waals surface area contributed by atoms with Crippen LogP contribution in [-0.2, 0) is 14.8 Å². The quantitative estimate of drug-likeness (QED) is 0.862. The van der Waals surface area contributed by atoms with E-state index in [4.69, 9.17) is 16.3 Å². The molecule has 1 aromatic rings. The van der Waals surface area contributed by atoms with Gasteiger partial charge in [-0.2, -0.15) is 8.42 Å². The van der Waals surface area contributed by atoms with Crippen LogP contribution in [0.4, 0.5) is 0 Å². The average molecular weight is 261 g/mol. The predicted octanol–water partition coefficient (Wildman–Crippen LogP) is 1.00. The number of sulfonamides is 1. The van der Waals surface area contributed by atoms with Crippen molar-refractivity contribution in [1.29, 1.82) is 0 Å². The Morgan fingerprint density at radius 3 is 2.56 bits per heavy atom. The first-order valence-corrected chi connectivity index (χ1v) is 6.37. The highest BCUT2D eigenvalue weighted by Gasteiger charge is 2.17. The summed E-state index contributed by atoms with van der Waals surface area (Å²) in [5, 5.41) is 3.19. The Labute approximate surface area is 98.1 Å². The molecule has 0 spiro atoms. The maximum absolute atomic E-state index is 11.7. The van der Waals surface area contributed by atoms with E-state index in [1.165, 1.54) is 24.3 Å². The summed E-state index contributed by atoms with van der Waals surface area (Å²) >= 11 is 5.66. The van der Waals surface area contributed by atoms with Crippen molar-refractivity contribution in [1.82, 2.24) is 5.32 Å². The van der Waals surface area contributed by atoms with Crippen molar-refractivity contribution in [3.05, 3.63) is 29.3 Å². The van der Waals surface area contributed by atoms with Crippen molar-refractivity contribution < 1.29 is 13.2 Å². The molecule has 1 aromatic carbocycles. The van der Waals surface area contributed by atoms with Crippen molar-refractivity contribution >= 4 is 27.6 Å². The molecule has 7 heteroatoms. The second-order valence-corrected chi connectivity index (χ2v) is 5.14. The highest BCUT2D eigenvalue weighted by atomic mass is 35.5. The van der Waals surface area contributed by atoms with Gasteiger partial charge in [0.05, 0.1) is 11.4 Å². The van der Waals surface area contributed by atoms with E-state index in [0.29, 0.717) is 18.2 Å². The number of hydrogen-bond donors (Lipinski definition) is 1. The third-order valence-corrected chi connectivity index (χ3v) is 3.46. The van der Waals surface area contributed by atoms with Gasteiger partial charge in [0.25, 0.3) is 10.0 Å². The number of hydrogen-bond acceptors (Lipinski definition) is 3. The van der Waals surface area contributed by atoms with Crippen LogP contribution < -0.4 is 5.32 Å². The van der Waals surface area contributed by atoms with Gasteiger partial charge in [-0.25, -0.2) is 0 Å². The number of amidine groups is 1. The van der Waals surface area contributed by atoms with Crippen molar-refractivity contribution in [2.75, 3.05) is 13.2 Å². The van der Waals surface area contributed by atoms with E-state index in [1.807, 2.05) is 0 Å². The summed E-state index contributed by atoms with van der Waals surface area (Å²) in [7, 11) is -3.72. The minimum atomic E-state index is -3.72. The van der Waals surface area contributed by atoms with E-state index < -0.39 is 10.0 Å². The van der Waals surface area contributed by atoms with Gasteiger partial charge in [-0.05, 0) is 24.3 Å². The number of halogens is 1. The fourth-order valence-corrected chi connectivity index (χ4v) is 2.23. The maximum Gasteiger partial charge on any atom is 0.300 e. The van der Waals surface area contributed by atoms with Crippen LogP contribution in [-0.4, -0.2) is 27.6 Å². The van der Waals surface area contributed by atoms with E-state index in [9.17, 15) is 8.42 Å². The standard InChI is InChI=1S/C9H9ClN2O3S/c10-7-1-3-8(4-2-7)16(13,14)12-9-11-5-6-15-9/h1-4H,5-6H2,(H,11,12). The Balaban J connectivity index is 2.31. The number of ether oxygens (including phenoxy) is 1. The zero-order chi connectivity index (χ0) is 11.6. The number of nitrogens with zero attached hydrogens (tertiary/aromatic N) is 1. The van der Waals surface area contributed by atoms with Gasteiger partial charge in [0.15, 0.2) is 0 Å². The summed E-state index contributed by atoms with van der Waals surface area (Å²) in [6, 6.07) is 5.83. The Morgan fingerprint density at radius 2 is 2.00 bits per heavy atom. The molecule has 0 unspecified atom stereocenters. The molecule has 0 radical (unpaired) electrons. The van der Waals surface area contributed by atoms with Crippen LogP contribution in [0, 0.1) is 0 Å². The Hall–Kier alpha value is -1.27.